The summed E-state index contributed by atoms with van der Waals surface area (Å²) in [6, 6.07) is 0. The third-order valence-electron chi connectivity index (χ3n) is 3.51. The number of hydrogen-bond donors (Lipinski definition) is 1. The summed E-state index contributed by atoms with van der Waals surface area (Å²) in [7, 11) is 1.48. The number of methoxy groups -OCH3 is 1. The first-order valence-corrected chi connectivity index (χ1v) is 5.83. The summed E-state index contributed by atoms with van der Waals surface area (Å²) in [5.41, 5.74) is -0.418. The SMILES string of the molecule is COC(=O)C1(CN2CCCC2)CCCN1. The zero-order valence-electron chi connectivity index (χ0n) is 9.42. The van der Waals surface area contributed by atoms with Gasteiger partial charge in [0.15, 0.2) is 0 Å². The maximum absolute atomic E-state index is 11.8. The van der Waals surface area contributed by atoms with E-state index in [-0.39, 0.29) is 5.97 Å². The Labute approximate surface area is 91.0 Å². The molecule has 2 aliphatic heterocycles. The first-order valence-electron chi connectivity index (χ1n) is 5.83. The summed E-state index contributed by atoms with van der Waals surface area (Å²) in [5.74, 6) is -0.0908. The van der Waals surface area contributed by atoms with E-state index < -0.39 is 5.54 Å². The number of likely N-dealkylation sites (tertiary alicyclic amines) is 1. The average molecular weight is 212 g/mol. The van der Waals surface area contributed by atoms with Crippen LogP contribution in [0.1, 0.15) is 25.7 Å². The van der Waals surface area contributed by atoms with Gasteiger partial charge in [0.05, 0.1) is 7.11 Å². The summed E-state index contributed by atoms with van der Waals surface area (Å²) in [6.07, 6.45) is 4.51. The van der Waals surface area contributed by atoms with Gasteiger partial charge in [0.25, 0.3) is 0 Å². The van der Waals surface area contributed by atoms with Gasteiger partial charge in [-0.2, -0.15) is 0 Å². The molecule has 0 aromatic heterocycles. The van der Waals surface area contributed by atoms with Crippen LogP contribution in [0.15, 0.2) is 0 Å². The molecule has 4 heteroatoms. The first-order chi connectivity index (χ1) is 7.27. The van der Waals surface area contributed by atoms with E-state index in [1.165, 1.54) is 20.0 Å². The van der Waals surface area contributed by atoms with Crippen molar-refractivity contribution in [3.8, 4) is 0 Å². The minimum atomic E-state index is -0.418. The third kappa shape index (κ3) is 2.16. The Morgan fingerprint density at radius 2 is 2.13 bits per heavy atom. The van der Waals surface area contributed by atoms with E-state index >= 15 is 0 Å². The molecule has 2 rings (SSSR count). The number of esters is 1. The third-order valence-corrected chi connectivity index (χ3v) is 3.51. The van der Waals surface area contributed by atoms with Crippen LogP contribution in [-0.2, 0) is 9.53 Å². The minimum absolute atomic E-state index is 0.0908. The van der Waals surface area contributed by atoms with Crippen molar-refractivity contribution in [2.24, 2.45) is 0 Å². The summed E-state index contributed by atoms with van der Waals surface area (Å²) in [4.78, 5) is 14.2. The predicted octanol–water partition coefficient (Wildman–Crippen LogP) is 0.377. The van der Waals surface area contributed by atoms with Gasteiger partial charge < -0.3 is 15.0 Å². The smallest absolute Gasteiger partial charge is 0.327 e. The van der Waals surface area contributed by atoms with Crippen molar-refractivity contribution in [2.45, 2.75) is 31.2 Å². The van der Waals surface area contributed by atoms with Crippen molar-refractivity contribution >= 4 is 5.97 Å². The zero-order chi connectivity index (χ0) is 10.7. The van der Waals surface area contributed by atoms with E-state index in [9.17, 15) is 4.79 Å². The first kappa shape index (κ1) is 10.9. The van der Waals surface area contributed by atoms with Crippen LogP contribution in [0.3, 0.4) is 0 Å². The highest BCUT2D eigenvalue weighted by Gasteiger charge is 2.43. The minimum Gasteiger partial charge on any atom is -0.468 e. The van der Waals surface area contributed by atoms with Crippen LogP contribution in [0, 0.1) is 0 Å². The van der Waals surface area contributed by atoms with E-state index in [4.69, 9.17) is 4.74 Å². The second-order valence-electron chi connectivity index (χ2n) is 4.59. The number of ether oxygens (including phenoxy) is 1. The molecule has 86 valence electrons. The quantitative estimate of drug-likeness (QED) is 0.687. The van der Waals surface area contributed by atoms with E-state index in [1.54, 1.807) is 0 Å². The highest BCUT2D eigenvalue weighted by Crippen LogP contribution is 2.24. The Bertz CT molecular complexity index is 231. The van der Waals surface area contributed by atoms with Crippen LogP contribution in [0.5, 0.6) is 0 Å². The molecule has 0 radical (unpaired) electrons. The summed E-state index contributed by atoms with van der Waals surface area (Å²) >= 11 is 0. The molecule has 1 unspecified atom stereocenters. The van der Waals surface area contributed by atoms with E-state index in [0.29, 0.717) is 0 Å². The maximum Gasteiger partial charge on any atom is 0.327 e. The molecule has 0 aromatic rings. The van der Waals surface area contributed by atoms with Crippen LogP contribution in [0.2, 0.25) is 0 Å². The van der Waals surface area contributed by atoms with Crippen LogP contribution < -0.4 is 5.32 Å². The van der Waals surface area contributed by atoms with Gasteiger partial charge in [-0.3, -0.25) is 4.79 Å². The van der Waals surface area contributed by atoms with E-state index in [2.05, 4.69) is 10.2 Å². The fourth-order valence-corrected chi connectivity index (χ4v) is 2.70. The Morgan fingerprint density at radius 1 is 1.40 bits per heavy atom. The van der Waals surface area contributed by atoms with E-state index in [1.807, 2.05) is 0 Å². The van der Waals surface area contributed by atoms with Crippen molar-refractivity contribution in [3.63, 3.8) is 0 Å². The molecular formula is C11H20N2O2. The Morgan fingerprint density at radius 3 is 2.67 bits per heavy atom. The summed E-state index contributed by atoms with van der Waals surface area (Å²) < 4.78 is 4.92. The molecule has 2 heterocycles. The number of nitrogens with zero attached hydrogens (tertiary/aromatic N) is 1. The maximum atomic E-state index is 11.8. The van der Waals surface area contributed by atoms with Crippen molar-refractivity contribution in [1.29, 1.82) is 0 Å². The fraction of sp³-hybridized carbons (Fsp3) is 0.909. The van der Waals surface area contributed by atoms with Crippen LogP contribution in [0.4, 0.5) is 0 Å². The lowest BCUT2D eigenvalue weighted by atomic mass is 9.97. The molecule has 0 aliphatic carbocycles. The molecule has 2 fully saturated rings. The van der Waals surface area contributed by atoms with Crippen LogP contribution >= 0.6 is 0 Å². The van der Waals surface area contributed by atoms with Crippen LogP contribution in [0.25, 0.3) is 0 Å². The fourth-order valence-electron chi connectivity index (χ4n) is 2.70. The van der Waals surface area contributed by atoms with Gasteiger partial charge in [-0.1, -0.05) is 0 Å². The van der Waals surface area contributed by atoms with Gasteiger partial charge in [0.1, 0.15) is 5.54 Å². The lowest BCUT2D eigenvalue weighted by Gasteiger charge is -2.30. The van der Waals surface area contributed by atoms with Gasteiger partial charge in [0, 0.05) is 6.54 Å². The molecule has 15 heavy (non-hydrogen) atoms. The standard InChI is InChI=1S/C11H20N2O2/c1-15-10(14)11(5-4-6-12-11)9-13-7-2-3-8-13/h12H,2-9H2,1H3. The van der Waals surface area contributed by atoms with Gasteiger partial charge in [-0.05, 0) is 45.3 Å². The number of carbonyl (C=O) groups is 1. The monoisotopic (exact) mass is 212 g/mol. The average Bonchev–Trinajstić information content (AvgIpc) is 2.89. The Balaban J connectivity index is 2.01. The van der Waals surface area contributed by atoms with Crippen molar-refractivity contribution < 1.29 is 9.53 Å². The van der Waals surface area contributed by atoms with Gasteiger partial charge in [-0.25, -0.2) is 0 Å². The molecule has 0 saturated carbocycles. The number of nitrogens with one attached hydrogen (secondary N) is 1. The van der Waals surface area contributed by atoms with Crippen molar-refractivity contribution in [1.82, 2.24) is 10.2 Å². The van der Waals surface area contributed by atoms with Crippen molar-refractivity contribution in [2.75, 3.05) is 33.3 Å². The largest absolute Gasteiger partial charge is 0.468 e. The molecule has 0 spiro atoms. The lowest BCUT2D eigenvalue weighted by molar-refractivity contribution is -0.148. The summed E-state index contributed by atoms with van der Waals surface area (Å²) in [6.45, 7) is 4.00. The lowest BCUT2D eigenvalue weighted by Crippen LogP contribution is -2.55. The van der Waals surface area contributed by atoms with Gasteiger partial charge >= 0.3 is 5.97 Å². The zero-order valence-corrected chi connectivity index (χ0v) is 9.42. The normalized spacial score (nSPS) is 32.1. The van der Waals surface area contributed by atoms with Crippen molar-refractivity contribution in [3.05, 3.63) is 0 Å². The predicted molar refractivity (Wildman–Crippen MR) is 57.7 cm³/mol. The molecule has 0 bridgehead atoms. The molecular weight excluding hydrogens is 192 g/mol. The molecule has 0 aromatic carbocycles. The van der Waals surface area contributed by atoms with Gasteiger partial charge in [0.2, 0.25) is 0 Å². The number of carbonyl (C=O) groups excluding carboxylic acids is 1. The second kappa shape index (κ2) is 4.49. The number of rotatable bonds is 3. The molecule has 1 N–H and O–H groups in total. The molecule has 2 saturated heterocycles. The molecule has 0 amide bonds. The molecule has 2 aliphatic rings. The Hall–Kier alpha value is -0.610. The van der Waals surface area contributed by atoms with Gasteiger partial charge in [-0.15, -0.1) is 0 Å². The summed E-state index contributed by atoms with van der Waals surface area (Å²) in [5, 5.41) is 3.33. The van der Waals surface area contributed by atoms with E-state index in [0.717, 1.165) is 39.0 Å². The second-order valence-corrected chi connectivity index (χ2v) is 4.59. The topological polar surface area (TPSA) is 41.6 Å². The highest BCUT2D eigenvalue weighted by molar-refractivity contribution is 5.81. The highest BCUT2D eigenvalue weighted by atomic mass is 16.5. The Kier molecular flexibility index (Phi) is 3.26. The number of hydrogen-bond acceptors (Lipinski definition) is 4. The molecule has 4 nitrogen and oxygen atoms in total. The van der Waals surface area contributed by atoms with Crippen LogP contribution in [-0.4, -0.2) is 49.7 Å². The molecule has 1 atom stereocenters.